The van der Waals surface area contributed by atoms with Crippen LogP contribution in [0.3, 0.4) is 0 Å². The van der Waals surface area contributed by atoms with Crippen LogP contribution in [0.15, 0.2) is 29.4 Å². The van der Waals surface area contributed by atoms with E-state index in [1.165, 1.54) is 6.42 Å². The minimum atomic E-state index is -4.43. The first-order valence-corrected chi connectivity index (χ1v) is 10.8. The number of benzene rings is 1. The highest BCUT2D eigenvalue weighted by Crippen LogP contribution is 2.39. The van der Waals surface area contributed by atoms with Crippen LogP contribution in [-0.4, -0.2) is 46.3 Å². The Morgan fingerprint density at radius 3 is 2.57 bits per heavy atom. The van der Waals surface area contributed by atoms with Crippen LogP contribution in [0.5, 0.6) is 5.75 Å². The quantitative estimate of drug-likeness (QED) is 0.641. The van der Waals surface area contributed by atoms with E-state index in [-0.39, 0.29) is 11.8 Å². The van der Waals surface area contributed by atoms with Crippen molar-refractivity contribution < 1.29 is 22.7 Å². The maximum absolute atomic E-state index is 12.3. The molecule has 1 heterocycles. The average molecular weight is 443 g/mol. The van der Waals surface area contributed by atoms with Crippen molar-refractivity contribution in [2.45, 2.75) is 50.0 Å². The van der Waals surface area contributed by atoms with E-state index in [1.54, 1.807) is 7.11 Å². The third kappa shape index (κ3) is 5.68. The van der Waals surface area contributed by atoms with E-state index in [0.717, 1.165) is 42.3 Å². The Kier molecular flexibility index (Phi) is 7.27. The minimum absolute atomic E-state index is 0.155. The van der Waals surface area contributed by atoms with E-state index in [0.29, 0.717) is 16.9 Å². The Hall–Kier alpha value is -2.23. The third-order valence-electron chi connectivity index (χ3n) is 5.23. The summed E-state index contributed by atoms with van der Waals surface area (Å²) in [6.07, 6.45) is -0.123. The molecule has 0 bridgehead atoms. The van der Waals surface area contributed by atoms with Crippen LogP contribution < -0.4 is 10.1 Å². The highest BCUT2D eigenvalue weighted by atomic mass is 32.2. The second-order valence-corrected chi connectivity index (χ2v) is 8.36. The number of amides is 1. The maximum Gasteiger partial charge on any atom is 0.405 e. The number of thioether (sulfide) groups is 1. The number of alkyl halides is 3. The fourth-order valence-electron chi connectivity index (χ4n) is 3.67. The molecule has 0 saturated heterocycles. The number of carbonyl (C=O) groups is 1. The van der Waals surface area contributed by atoms with Crippen LogP contribution in [-0.2, 0) is 4.79 Å². The van der Waals surface area contributed by atoms with Gasteiger partial charge in [-0.2, -0.15) is 13.2 Å². The number of nitrogens with one attached hydrogen (secondary N) is 1. The van der Waals surface area contributed by atoms with Crippen molar-refractivity contribution in [3.63, 3.8) is 0 Å². The normalized spacial score (nSPS) is 19.5. The molecule has 0 aliphatic heterocycles. The molecule has 1 aromatic carbocycles. The smallest absolute Gasteiger partial charge is 0.405 e. The largest absolute Gasteiger partial charge is 0.497 e. The van der Waals surface area contributed by atoms with Gasteiger partial charge in [-0.1, -0.05) is 31.5 Å². The molecule has 2 atom stereocenters. The molecule has 3 rings (SSSR count). The Labute approximate surface area is 177 Å². The van der Waals surface area contributed by atoms with Crippen molar-refractivity contribution >= 4 is 17.7 Å². The van der Waals surface area contributed by atoms with Crippen molar-refractivity contribution in [2.75, 3.05) is 19.4 Å². The van der Waals surface area contributed by atoms with Gasteiger partial charge in [0.25, 0.3) is 0 Å². The number of hydrogen-bond donors (Lipinski definition) is 1. The van der Waals surface area contributed by atoms with Crippen LogP contribution in [0.4, 0.5) is 13.2 Å². The Morgan fingerprint density at radius 2 is 1.93 bits per heavy atom. The summed E-state index contributed by atoms with van der Waals surface area (Å²) < 4.78 is 44.2. The van der Waals surface area contributed by atoms with Gasteiger partial charge in [0.15, 0.2) is 11.0 Å². The standard InChI is InChI=1S/C20H25F3N4O2S/c1-13-5-3-4-6-16(13)27-18(14-7-9-15(29-2)10-8-14)25-26-19(27)30-11-17(28)24-12-20(21,22)23/h7-10,13,16H,3-6,11-12H2,1-2H3,(H,24,28)/t13-,16-/m0/s1. The van der Waals surface area contributed by atoms with Crippen LogP contribution in [0, 0.1) is 5.92 Å². The molecule has 10 heteroatoms. The summed E-state index contributed by atoms with van der Waals surface area (Å²) in [5.41, 5.74) is 0.870. The number of nitrogens with zero attached hydrogens (tertiary/aromatic N) is 3. The summed E-state index contributed by atoms with van der Waals surface area (Å²) in [7, 11) is 1.60. The van der Waals surface area contributed by atoms with E-state index in [4.69, 9.17) is 4.74 Å². The monoisotopic (exact) mass is 442 g/mol. The van der Waals surface area contributed by atoms with Gasteiger partial charge in [0.2, 0.25) is 5.91 Å². The molecule has 164 valence electrons. The first-order valence-electron chi connectivity index (χ1n) is 9.84. The number of hydrogen-bond acceptors (Lipinski definition) is 5. The number of halogens is 3. The molecule has 0 unspecified atom stereocenters. The summed E-state index contributed by atoms with van der Waals surface area (Å²) in [5, 5.41) is 11.1. The van der Waals surface area contributed by atoms with Gasteiger partial charge in [-0.05, 0) is 43.0 Å². The molecule has 1 saturated carbocycles. The summed E-state index contributed by atoms with van der Waals surface area (Å²) in [4.78, 5) is 11.9. The second kappa shape index (κ2) is 9.72. The summed E-state index contributed by atoms with van der Waals surface area (Å²) >= 11 is 1.11. The van der Waals surface area contributed by atoms with Crippen LogP contribution in [0.25, 0.3) is 11.4 Å². The zero-order chi connectivity index (χ0) is 21.7. The lowest BCUT2D eigenvalue weighted by Gasteiger charge is -2.31. The zero-order valence-corrected chi connectivity index (χ0v) is 17.7. The van der Waals surface area contributed by atoms with Gasteiger partial charge in [-0.15, -0.1) is 10.2 Å². The molecule has 2 aromatic rings. The molecule has 1 aliphatic rings. The van der Waals surface area contributed by atoms with Gasteiger partial charge in [0.05, 0.1) is 12.9 Å². The van der Waals surface area contributed by atoms with Crippen LogP contribution in [0.2, 0.25) is 0 Å². The first-order chi connectivity index (χ1) is 14.3. The Balaban J connectivity index is 1.83. The Morgan fingerprint density at radius 1 is 1.23 bits per heavy atom. The van der Waals surface area contributed by atoms with Crippen molar-refractivity contribution in [3.8, 4) is 17.1 Å². The van der Waals surface area contributed by atoms with Crippen molar-refractivity contribution in [3.05, 3.63) is 24.3 Å². The lowest BCUT2D eigenvalue weighted by molar-refractivity contribution is -0.136. The molecule has 1 amide bonds. The topological polar surface area (TPSA) is 69.0 Å². The zero-order valence-electron chi connectivity index (χ0n) is 16.9. The molecular weight excluding hydrogens is 417 g/mol. The van der Waals surface area contributed by atoms with E-state index in [2.05, 4.69) is 17.1 Å². The Bertz CT molecular complexity index is 855. The van der Waals surface area contributed by atoms with Crippen molar-refractivity contribution in [1.29, 1.82) is 0 Å². The lowest BCUT2D eigenvalue weighted by atomic mass is 9.85. The van der Waals surface area contributed by atoms with Gasteiger partial charge in [-0.3, -0.25) is 9.36 Å². The number of carbonyl (C=O) groups excluding carboxylic acids is 1. The van der Waals surface area contributed by atoms with Crippen LogP contribution >= 0.6 is 11.8 Å². The number of rotatable bonds is 7. The van der Waals surface area contributed by atoms with E-state index in [9.17, 15) is 18.0 Å². The average Bonchev–Trinajstić information content (AvgIpc) is 3.14. The molecule has 1 N–H and O–H groups in total. The fraction of sp³-hybridized carbons (Fsp3) is 0.550. The maximum atomic E-state index is 12.3. The number of aromatic nitrogens is 3. The first kappa shape index (κ1) is 22.5. The second-order valence-electron chi connectivity index (χ2n) is 7.41. The van der Waals surface area contributed by atoms with E-state index < -0.39 is 18.6 Å². The SMILES string of the molecule is COc1ccc(-c2nnc(SCC(=O)NCC(F)(F)F)n2[C@H]2CCCC[C@@H]2C)cc1. The molecule has 0 spiro atoms. The van der Waals surface area contributed by atoms with E-state index >= 15 is 0 Å². The molecular formula is C20H25F3N4O2S. The minimum Gasteiger partial charge on any atom is -0.497 e. The molecule has 0 radical (unpaired) electrons. The van der Waals surface area contributed by atoms with Crippen molar-refractivity contribution in [1.82, 2.24) is 20.1 Å². The molecule has 1 fully saturated rings. The molecule has 6 nitrogen and oxygen atoms in total. The van der Waals surface area contributed by atoms with Crippen LogP contribution in [0.1, 0.15) is 38.6 Å². The summed E-state index contributed by atoms with van der Waals surface area (Å²) in [6, 6.07) is 7.66. The van der Waals surface area contributed by atoms with E-state index in [1.807, 2.05) is 34.1 Å². The molecule has 30 heavy (non-hydrogen) atoms. The molecule has 1 aliphatic carbocycles. The third-order valence-corrected chi connectivity index (χ3v) is 6.17. The predicted molar refractivity (Wildman–Crippen MR) is 108 cm³/mol. The lowest BCUT2D eigenvalue weighted by Crippen LogP contribution is -2.34. The van der Waals surface area contributed by atoms with Gasteiger partial charge in [-0.25, -0.2) is 0 Å². The van der Waals surface area contributed by atoms with Gasteiger partial charge >= 0.3 is 6.18 Å². The summed E-state index contributed by atoms with van der Waals surface area (Å²) in [6.45, 7) is 0.849. The fourth-order valence-corrected chi connectivity index (χ4v) is 4.49. The highest BCUT2D eigenvalue weighted by molar-refractivity contribution is 7.99. The van der Waals surface area contributed by atoms with Crippen molar-refractivity contribution in [2.24, 2.45) is 5.92 Å². The summed E-state index contributed by atoms with van der Waals surface area (Å²) in [5.74, 6) is 0.985. The van der Waals surface area contributed by atoms with Gasteiger partial charge in [0, 0.05) is 11.6 Å². The van der Waals surface area contributed by atoms with Gasteiger partial charge in [0.1, 0.15) is 12.3 Å². The van der Waals surface area contributed by atoms with Gasteiger partial charge < -0.3 is 10.1 Å². The predicted octanol–water partition coefficient (Wildman–Crippen LogP) is 4.48. The number of methoxy groups -OCH3 is 1. The highest BCUT2D eigenvalue weighted by Gasteiger charge is 2.30. The molecule has 1 aromatic heterocycles. The number of ether oxygens (including phenoxy) is 1.